The van der Waals surface area contributed by atoms with Gasteiger partial charge in [-0.15, -0.1) is 11.3 Å². The molecule has 0 radical (unpaired) electrons. The molecule has 0 N–H and O–H groups in total. The molecule has 0 aliphatic carbocycles. The molecule has 0 unspecified atom stereocenters. The lowest BCUT2D eigenvalue weighted by Gasteiger charge is -2.26. The molecule has 1 aliphatic rings. The molecule has 3 rings (SSSR count). The molecule has 1 aromatic carbocycles. The maximum atomic E-state index is 5.74. The number of benzene rings is 1. The van der Waals surface area contributed by atoms with Gasteiger partial charge in [0.15, 0.2) is 0 Å². The highest BCUT2D eigenvalue weighted by Gasteiger charge is 2.16. The Bertz CT molecular complexity index is 494. The van der Waals surface area contributed by atoms with Crippen molar-refractivity contribution in [1.29, 1.82) is 0 Å². The monoisotopic (exact) mass is 259 g/mol. The molecule has 0 bridgehead atoms. The topological polar surface area (TPSA) is 12.5 Å². The second-order valence-electron chi connectivity index (χ2n) is 4.56. The Balaban J connectivity index is 1.48. The van der Waals surface area contributed by atoms with Gasteiger partial charge in [0.25, 0.3) is 0 Å². The average molecular weight is 259 g/mol. The Morgan fingerprint density at radius 2 is 2.06 bits per heavy atom. The number of nitrogens with zero attached hydrogens (tertiary/aromatic N) is 1. The molecule has 94 valence electrons. The number of para-hydroxylation sites is 1. The van der Waals surface area contributed by atoms with Crippen molar-refractivity contribution in [2.24, 2.45) is 0 Å². The zero-order chi connectivity index (χ0) is 12.2. The van der Waals surface area contributed by atoms with Crippen molar-refractivity contribution in [3.63, 3.8) is 0 Å². The molecular formula is C15H17NOS. The minimum absolute atomic E-state index is 0.767. The second-order valence-corrected chi connectivity index (χ2v) is 5.56. The molecule has 0 saturated carbocycles. The van der Waals surface area contributed by atoms with E-state index in [1.54, 1.807) is 4.88 Å². The van der Waals surface area contributed by atoms with Gasteiger partial charge in [0.05, 0.1) is 0 Å². The van der Waals surface area contributed by atoms with Crippen LogP contribution in [0.4, 0.5) is 0 Å². The van der Waals surface area contributed by atoms with E-state index in [0.717, 1.165) is 32.0 Å². The fraction of sp³-hybridized carbons (Fsp3) is 0.333. The van der Waals surface area contributed by atoms with Gasteiger partial charge in [-0.25, -0.2) is 0 Å². The van der Waals surface area contributed by atoms with Crippen molar-refractivity contribution < 1.29 is 4.74 Å². The van der Waals surface area contributed by atoms with Gasteiger partial charge in [-0.2, -0.15) is 0 Å². The largest absolute Gasteiger partial charge is 0.492 e. The van der Waals surface area contributed by atoms with Gasteiger partial charge in [0.2, 0.25) is 0 Å². The third-order valence-electron chi connectivity index (χ3n) is 3.31. The van der Waals surface area contributed by atoms with E-state index in [1.165, 1.54) is 12.0 Å². The van der Waals surface area contributed by atoms with Crippen molar-refractivity contribution in [2.45, 2.75) is 13.0 Å². The summed E-state index contributed by atoms with van der Waals surface area (Å²) in [5.74, 6) is 0.964. The molecule has 0 atom stereocenters. The predicted octanol–water partition coefficient (Wildman–Crippen LogP) is 3.19. The molecule has 0 fully saturated rings. The fourth-order valence-corrected chi connectivity index (χ4v) is 3.20. The third kappa shape index (κ3) is 2.74. The van der Waals surface area contributed by atoms with E-state index in [0.29, 0.717) is 0 Å². The Hall–Kier alpha value is -1.32. The molecule has 1 aromatic heterocycles. The third-order valence-corrected chi connectivity index (χ3v) is 4.33. The van der Waals surface area contributed by atoms with E-state index in [2.05, 4.69) is 16.3 Å². The normalized spacial score (nSPS) is 15.3. The Labute approximate surface area is 112 Å². The van der Waals surface area contributed by atoms with Gasteiger partial charge < -0.3 is 4.74 Å². The zero-order valence-electron chi connectivity index (χ0n) is 10.3. The van der Waals surface area contributed by atoms with Gasteiger partial charge in [-0.1, -0.05) is 18.2 Å². The number of ether oxygens (including phenoxy) is 1. The lowest BCUT2D eigenvalue weighted by molar-refractivity contribution is 0.197. The first-order chi connectivity index (χ1) is 8.92. The highest BCUT2D eigenvalue weighted by molar-refractivity contribution is 7.10. The van der Waals surface area contributed by atoms with Crippen LogP contribution in [0.25, 0.3) is 0 Å². The van der Waals surface area contributed by atoms with Gasteiger partial charge in [-0.05, 0) is 35.6 Å². The standard InChI is InChI=1S/C15H17NOS/c1-2-4-14(5-3-1)17-10-9-16-8-6-15-13(12-16)7-11-18-15/h1-5,7,11H,6,8-10,12H2. The summed E-state index contributed by atoms with van der Waals surface area (Å²) in [6.45, 7) is 4.01. The molecule has 2 nitrogen and oxygen atoms in total. The summed E-state index contributed by atoms with van der Waals surface area (Å²) in [7, 11) is 0. The van der Waals surface area contributed by atoms with Crippen molar-refractivity contribution in [1.82, 2.24) is 4.90 Å². The second kappa shape index (κ2) is 5.55. The van der Waals surface area contributed by atoms with Crippen LogP contribution >= 0.6 is 11.3 Å². The summed E-state index contributed by atoms with van der Waals surface area (Å²) in [4.78, 5) is 4.04. The first-order valence-corrected chi connectivity index (χ1v) is 7.25. The van der Waals surface area contributed by atoms with Crippen LogP contribution in [0.15, 0.2) is 41.8 Å². The van der Waals surface area contributed by atoms with E-state index in [-0.39, 0.29) is 0 Å². The minimum atomic E-state index is 0.767. The summed E-state index contributed by atoms with van der Waals surface area (Å²) in [6, 6.07) is 12.3. The molecule has 3 heteroatoms. The molecule has 0 spiro atoms. The SMILES string of the molecule is c1ccc(OCCN2CCc3sccc3C2)cc1. The zero-order valence-corrected chi connectivity index (χ0v) is 11.2. The summed E-state index contributed by atoms with van der Waals surface area (Å²) in [5, 5.41) is 2.20. The Morgan fingerprint density at radius 1 is 1.17 bits per heavy atom. The average Bonchev–Trinajstić information content (AvgIpc) is 2.87. The van der Waals surface area contributed by atoms with Crippen LogP contribution in [0.1, 0.15) is 10.4 Å². The summed E-state index contributed by atoms with van der Waals surface area (Å²) < 4.78 is 5.74. The quantitative estimate of drug-likeness (QED) is 0.836. The number of fused-ring (bicyclic) bond motifs is 1. The van der Waals surface area contributed by atoms with Crippen molar-refractivity contribution in [3.05, 3.63) is 52.2 Å². The van der Waals surface area contributed by atoms with E-state index in [4.69, 9.17) is 4.74 Å². The van der Waals surface area contributed by atoms with Crippen LogP contribution in [0.5, 0.6) is 5.75 Å². The smallest absolute Gasteiger partial charge is 0.119 e. The summed E-state index contributed by atoms with van der Waals surface area (Å²) in [6.07, 6.45) is 1.19. The lowest BCUT2D eigenvalue weighted by atomic mass is 10.1. The van der Waals surface area contributed by atoms with Crippen molar-refractivity contribution in [3.8, 4) is 5.75 Å². The number of thiophene rings is 1. The molecule has 1 aliphatic heterocycles. The van der Waals surface area contributed by atoms with Crippen LogP contribution in [0.2, 0.25) is 0 Å². The highest BCUT2D eigenvalue weighted by atomic mass is 32.1. The van der Waals surface area contributed by atoms with Gasteiger partial charge in [0.1, 0.15) is 12.4 Å². The molecule has 18 heavy (non-hydrogen) atoms. The van der Waals surface area contributed by atoms with Gasteiger partial charge in [-0.3, -0.25) is 4.90 Å². The molecule has 0 amide bonds. The van der Waals surface area contributed by atoms with Gasteiger partial charge >= 0.3 is 0 Å². The maximum absolute atomic E-state index is 5.74. The molecular weight excluding hydrogens is 242 g/mol. The number of hydrogen-bond acceptors (Lipinski definition) is 3. The van der Waals surface area contributed by atoms with Crippen molar-refractivity contribution >= 4 is 11.3 Å². The highest BCUT2D eigenvalue weighted by Crippen LogP contribution is 2.23. The van der Waals surface area contributed by atoms with Crippen LogP contribution < -0.4 is 4.74 Å². The molecule has 0 saturated heterocycles. The van der Waals surface area contributed by atoms with Gasteiger partial charge in [0, 0.05) is 24.5 Å². The van der Waals surface area contributed by atoms with E-state index < -0.39 is 0 Å². The Kier molecular flexibility index (Phi) is 3.62. The van der Waals surface area contributed by atoms with Crippen LogP contribution in [-0.4, -0.2) is 24.6 Å². The number of hydrogen-bond donors (Lipinski definition) is 0. The van der Waals surface area contributed by atoms with E-state index >= 15 is 0 Å². The first-order valence-electron chi connectivity index (χ1n) is 6.37. The fourth-order valence-electron chi connectivity index (χ4n) is 2.31. The Morgan fingerprint density at radius 3 is 2.94 bits per heavy atom. The molecule has 2 heterocycles. The lowest BCUT2D eigenvalue weighted by Crippen LogP contribution is -2.33. The summed E-state index contributed by atoms with van der Waals surface area (Å²) >= 11 is 1.89. The van der Waals surface area contributed by atoms with Crippen LogP contribution in [0.3, 0.4) is 0 Å². The van der Waals surface area contributed by atoms with E-state index in [9.17, 15) is 0 Å². The van der Waals surface area contributed by atoms with Crippen molar-refractivity contribution in [2.75, 3.05) is 19.7 Å². The van der Waals surface area contributed by atoms with E-state index in [1.807, 2.05) is 41.7 Å². The predicted molar refractivity (Wildman–Crippen MR) is 75.2 cm³/mol. The molecule has 2 aromatic rings. The van der Waals surface area contributed by atoms with Crippen LogP contribution in [-0.2, 0) is 13.0 Å². The summed E-state index contributed by atoms with van der Waals surface area (Å²) in [5.41, 5.74) is 1.51. The maximum Gasteiger partial charge on any atom is 0.119 e. The first kappa shape index (κ1) is 11.8. The minimum Gasteiger partial charge on any atom is -0.492 e. The number of rotatable bonds is 4. The van der Waals surface area contributed by atoms with Crippen LogP contribution in [0, 0.1) is 0 Å².